The van der Waals surface area contributed by atoms with E-state index < -0.39 is 5.91 Å². The van der Waals surface area contributed by atoms with E-state index in [9.17, 15) is 9.90 Å². The number of hydrogen-bond acceptors (Lipinski definition) is 5. The molecule has 0 atom stereocenters. The van der Waals surface area contributed by atoms with Crippen LogP contribution in [0.4, 0.5) is 0 Å². The number of aromatic hydroxyl groups is 1. The number of carbonyl (C=O) groups excluding carboxylic acids is 1. The molecule has 0 spiro atoms. The molecule has 0 aliphatic carbocycles. The number of phenolic OH excluding ortho intramolecular Hbond substituents is 1. The average molecular weight is 412 g/mol. The molecular weight excluding hydrogens is 390 g/mol. The minimum absolute atomic E-state index is 0.0806. The SMILES string of the molecule is CN(CCO)Cc1ccc(/C=N/NC(=O)c2ccc(O)c(Cl)c2)c2ccccc12. The summed E-state index contributed by atoms with van der Waals surface area (Å²) >= 11 is 5.84. The van der Waals surface area contributed by atoms with Gasteiger partial charge in [0.15, 0.2) is 0 Å². The number of hydrazone groups is 1. The Morgan fingerprint density at radius 2 is 1.93 bits per heavy atom. The Balaban J connectivity index is 1.79. The zero-order chi connectivity index (χ0) is 20.8. The van der Waals surface area contributed by atoms with E-state index in [-0.39, 0.29) is 17.4 Å². The van der Waals surface area contributed by atoms with Crippen LogP contribution in [0.3, 0.4) is 0 Å². The van der Waals surface area contributed by atoms with Crippen molar-refractivity contribution in [3.63, 3.8) is 0 Å². The summed E-state index contributed by atoms with van der Waals surface area (Å²) in [5.74, 6) is -0.502. The van der Waals surface area contributed by atoms with Gasteiger partial charge in [-0.15, -0.1) is 0 Å². The fraction of sp³-hybridized carbons (Fsp3) is 0.182. The molecule has 6 nitrogen and oxygen atoms in total. The number of phenols is 1. The van der Waals surface area contributed by atoms with Gasteiger partial charge in [0.2, 0.25) is 0 Å². The molecular formula is C22H22ClN3O3. The summed E-state index contributed by atoms with van der Waals surface area (Å²) in [5.41, 5.74) is 4.80. The summed E-state index contributed by atoms with van der Waals surface area (Å²) in [6, 6.07) is 16.2. The number of rotatable bonds is 7. The van der Waals surface area contributed by atoms with Crippen molar-refractivity contribution in [3.8, 4) is 5.75 Å². The topological polar surface area (TPSA) is 85.2 Å². The molecule has 0 unspecified atom stereocenters. The lowest BCUT2D eigenvalue weighted by Crippen LogP contribution is -2.21. The standard InChI is InChI=1S/C22H22ClN3O3/c1-26(10-11-27)14-17-7-6-16(18-4-2-3-5-19(17)18)13-24-25-22(29)15-8-9-21(28)20(23)12-15/h2-9,12-13,27-28H,10-11,14H2,1H3,(H,25,29)/b24-13+. The first-order valence-electron chi connectivity index (χ1n) is 9.11. The lowest BCUT2D eigenvalue weighted by atomic mass is 10.00. The molecule has 0 radical (unpaired) electrons. The maximum Gasteiger partial charge on any atom is 0.271 e. The molecule has 7 heteroatoms. The van der Waals surface area contributed by atoms with Gasteiger partial charge in [0.05, 0.1) is 17.8 Å². The summed E-state index contributed by atoms with van der Waals surface area (Å²) < 4.78 is 0. The monoisotopic (exact) mass is 411 g/mol. The van der Waals surface area contributed by atoms with Crippen LogP contribution in [0, 0.1) is 0 Å². The number of amides is 1. The Hall–Kier alpha value is -2.93. The molecule has 150 valence electrons. The highest BCUT2D eigenvalue weighted by Crippen LogP contribution is 2.24. The van der Waals surface area contributed by atoms with Crippen LogP contribution in [-0.2, 0) is 6.54 Å². The third-order valence-electron chi connectivity index (χ3n) is 4.55. The van der Waals surface area contributed by atoms with Crippen molar-refractivity contribution in [1.29, 1.82) is 0 Å². The number of fused-ring (bicyclic) bond motifs is 1. The van der Waals surface area contributed by atoms with Gasteiger partial charge in [-0.1, -0.05) is 48.0 Å². The molecule has 3 aromatic carbocycles. The third kappa shape index (κ3) is 5.12. The highest BCUT2D eigenvalue weighted by molar-refractivity contribution is 6.32. The predicted octanol–water partition coefficient (Wildman–Crippen LogP) is 3.39. The number of nitrogens with one attached hydrogen (secondary N) is 1. The molecule has 1 amide bonds. The fourth-order valence-electron chi connectivity index (χ4n) is 3.05. The van der Waals surface area contributed by atoms with Crippen molar-refractivity contribution in [2.24, 2.45) is 5.10 Å². The second-order valence-electron chi connectivity index (χ2n) is 6.69. The van der Waals surface area contributed by atoms with Crippen molar-refractivity contribution < 1.29 is 15.0 Å². The minimum atomic E-state index is -0.422. The number of aliphatic hydroxyl groups excluding tert-OH is 1. The lowest BCUT2D eigenvalue weighted by Gasteiger charge is -2.17. The second-order valence-corrected chi connectivity index (χ2v) is 7.09. The summed E-state index contributed by atoms with van der Waals surface area (Å²) in [6.45, 7) is 1.44. The van der Waals surface area contributed by atoms with Crippen LogP contribution in [0.2, 0.25) is 5.02 Å². The molecule has 3 N–H and O–H groups in total. The molecule has 3 rings (SSSR count). The van der Waals surface area contributed by atoms with Crippen LogP contribution in [0.1, 0.15) is 21.5 Å². The maximum absolute atomic E-state index is 12.2. The maximum atomic E-state index is 12.2. The molecule has 0 aliphatic heterocycles. The van der Waals surface area contributed by atoms with Crippen molar-refractivity contribution in [3.05, 3.63) is 76.3 Å². The van der Waals surface area contributed by atoms with Gasteiger partial charge < -0.3 is 10.2 Å². The zero-order valence-corrected chi connectivity index (χ0v) is 16.7. The molecule has 29 heavy (non-hydrogen) atoms. The molecule has 3 aromatic rings. The van der Waals surface area contributed by atoms with Crippen molar-refractivity contribution >= 4 is 34.5 Å². The van der Waals surface area contributed by atoms with E-state index >= 15 is 0 Å². The highest BCUT2D eigenvalue weighted by atomic mass is 35.5. The van der Waals surface area contributed by atoms with Gasteiger partial charge in [-0.05, 0) is 41.6 Å². The Bertz CT molecular complexity index is 1050. The molecule has 0 fully saturated rings. The minimum Gasteiger partial charge on any atom is -0.506 e. The van der Waals surface area contributed by atoms with Crippen molar-refractivity contribution in [1.82, 2.24) is 10.3 Å². The van der Waals surface area contributed by atoms with Crippen LogP contribution in [0.25, 0.3) is 10.8 Å². The van der Waals surface area contributed by atoms with E-state index in [0.29, 0.717) is 12.1 Å². The first-order valence-corrected chi connectivity index (χ1v) is 9.49. The van der Waals surface area contributed by atoms with Gasteiger partial charge in [-0.2, -0.15) is 5.10 Å². The first kappa shape index (κ1) is 20.8. The molecule has 0 heterocycles. The Kier molecular flexibility index (Phi) is 6.82. The fourth-order valence-corrected chi connectivity index (χ4v) is 3.23. The zero-order valence-electron chi connectivity index (χ0n) is 16.0. The number of nitrogens with zero attached hydrogens (tertiary/aromatic N) is 2. The predicted molar refractivity (Wildman–Crippen MR) is 116 cm³/mol. The molecule has 0 aromatic heterocycles. The number of hydrogen-bond donors (Lipinski definition) is 3. The van der Waals surface area contributed by atoms with Crippen LogP contribution >= 0.6 is 11.6 Å². The smallest absolute Gasteiger partial charge is 0.271 e. The Morgan fingerprint density at radius 3 is 2.66 bits per heavy atom. The molecule has 0 saturated heterocycles. The summed E-state index contributed by atoms with van der Waals surface area (Å²) in [6.07, 6.45) is 1.60. The normalized spacial score (nSPS) is 11.4. The Morgan fingerprint density at radius 1 is 1.17 bits per heavy atom. The van der Waals surface area contributed by atoms with E-state index in [0.717, 1.165) is 28.4 Å². The summed E-state index contributed by atoms with van der Waals surface area (Å²) in [4.78, 5) is 14.3. The third-order valence-corrected chi connectivity index (χ3v) is 4.85. The van der Waals surface area contributed by atoms with Gasteiger partial charge >= 0.3 is 0 Å². The van der Waals surface area contributed by atoms with E-state index in [1.165, 1.54) is 18.2 Å². The van der Waals surface area contributed by atoms with Gasteiger partial charge in [-0.25, -0.2) is 5.43 Å². The van der Waals surface area contributed by atoms with Crippen LogP contribution in [0.15, 0.2) is 59.7 Å². The molecule has 0 saturated carbocycles. The first-order chi connectivity index (χ1) is 14.0. The average Bonchev–Trinajstić information content (AvgIpc) is 2.71. The molecule has 0 bridgehead atoms. The summed E-state index contributed by atoms with van der Waals surface area (Å²) in [5, 5.41) is 24.8. The number of halogens is 1. The van der Waals surface area contributed by atoms with Crippen LogP contribution in [0.5, 0.6) is 5.75 Å². The van der Waals surface area contributed by atoms with E-state index in [2.05, 4.69) is 15.4 Å². The largest absolute Gasteiger partial charge is 0.506 e. The van der Waals surface area contributed by atoms with Gasteiger partial charge in [-0.3, -0.25) is 9.69 Å². The Labute approximate surface area is 174 Å². The second kappa shape index (κ2) is 9.52. The number of benzene rings is 3. The quantitative estimate of drug-likeness (QED) is 0.411. The highest BCUT2D eigenvalue weighted by Gasteiger charge is 2.09. The lowest BCUT2D eigenvalue weighted by molar-refractivity contribution is 0.0955. The van der Waals surface area contributed by atoms with E-state index in [1.54, 1.807) is 6.21 Å². The van der Waals surface area contributed by atoms with Gasteiger partial charge in [0, 0.05) is 24.2 Å². The number of aliphatic hydroxyl groups is 1. The van der Waals surface area contributed by atoms with E-state index in [4.69, 9.17) is 16.7 Å². The van der Waals surface area contributed by atoms with Crippen molar-refractivity contribution in [2.75, 3.05) is 20.2 Å². The molecule has 0 aliphatic rings. The van der Waals surface area contributed by atoms with Gasteiger partial charge in [0.1, 0.15) is 5.75 Å². The van der Waals surface area contributed by atoms with E-state index in [1.807, 2.05) is 43.4 Å². The van der Waals surface area contributed by atoms with Crippen LogP contribution in [-0.4, -0.2) is 47.4 Å². The number of likely N-dealkylation sites (N-methyl/N-ethyl adjacent to an activating group) is 1. The van der Waals surface area contributed by atoms with Crippen LogP contribution < -0.4 is 5.43 Å². The van der Waals surface area contributed by atoms with Crippen molar-refractivity contribution in [2.45, 2.75) is 6.54 Å². The number of carbonyl (C=O) groups is 1. The summed E-state index contributed by atoms with van der Waals surface area (Å²) in [7, 11) is 1.96. The van der Waals surface area contributed by atoms with Gasteiger partial charge in [0.25, 0.3) is 5.91 Å².